The first-order chi connectivity index (χ1) is 15.4. The van der Waals surface area contributed by atoms with Crippen LogP contribution in [0.1, 0.15) is 6.92 Å². The third-order valence-corrected chi connectivity index (χ3v) is 4.65. The van der Waals surface area contributed by atoms with Crippen molar-refractivity contribution in [2.75, 3.05) is 20.8 Å². The molecule has 3 aromatic rings. The van der Waals surface area contributed by atoms with Crippen LogP contribution in [0.5, 0.6) is 17.2 Å². The number of carbonyl (C=O) groups excluding carboxylic acids is 1. The van der Waals surface area contributed by atoms with Gasteiger partial charge in [-0.05, 0) is 43.3 Å². The van der Waals surface area contributed by atoms with Crippen molar-refractivity contribution in [2.24, 2.45) is 0 Å². The highest BCUT2D eigenvalue weighted by Crippen LogP contribution is 2.31. The van der Waals surface area contributed by atoms with Crippen molar-refractivity contribution in [3.63, 3.8) is 0 Å². The van der Waals surface area contributed by atoms with Gasteiger partial charge in [0, 0.05) is 24.2 Å². The van der Waals surface area contributed by atoms with Gasteiger partial charge in [-0.3, -0.25) is 9.59 Å². The van der Waals surface area contributed by atoms with Gasteiger partial charge in [0.1, 0.15) is 23.1 Å². The molecule has 1 unspecified atom stereocenters. The van der Waals surface area contributed by atoms with E-state index in [9.17, 15) is 14.0 Å². The molecule has 0 spiro atoms. The maximum atomic E-state index is 13.3. The van der Waals surface area contributed by atoms with Gasteiger partial charge in [0.15, 0.2) is 6.10 Å². The lowest BCUT2D eigenvalue weighted by Crippen LogP contribution is -2.39. The largest absolute Gasteiger partial charge is 0.497 e. The van der Waals surface area contributed by atoms with E-state index in [1.165, 1.54) is 28.9 Å². The summed E-state index contributed by atoms with van der Waals surface area (Å²) < 4.78 is 30.6. The molecule has 0 fully saturated rings. The number of methoxy groups -OCH3 is 2. The number of carbonyl (C=O) groups is 1. The standard InChI is InChI=1S/C23H24FN3O5/c1-15(32-18-6-4-5-16(24)13-18)23(29)25-11-12-27-22(28)10-8-20(26-27)19-14-17(30-2)7-9-21(19)31-3/h4-10,13-15H,11-12H2,1-3H3,(H,25,29). The summed E-state index contributed by atoms with van der Waals surface area (Å²) >= 11 is 0. The van der Waals surface area contributed by atoms with Crippen LogP contribution in [0.2, 0.25) is 0 Å². The molecule has 9 heteroatoms. The number of aromatic nitrogens is 2. The zero-order valence-corrected chi connectivity index (χ0v) is 18.0. The predicted octanol–water partition coefficient (Wildman–Crippen LogP) is 2.65. The Balaban J connectivity index is 1.66. The number of nitrogens with zero attached hydrogens (tertiary/aromatic N) is 2. The van der Waals surface area contributed by atoms with Crippen LogP contribution < -0.4 is 25.1 Å². The van der Waals surface area contributed by atoms with Gasteiger partial charge in [-0.1, -0.05) is 6.07 Å². The Bertz CT molecular complexity index is 1150. The van der Waals surface area contributed by atoms with Crippen LogP contribution in [-0.4, -0.2) is 42.6 Å². The Morgan fingerprint density at radius 3 is 2.62 bits per heavy atom. The van der Waals surface area contributed by atoms with Gasteiger partial charge in [0.05, 0.1) is 26.5 Å². The van der Waals surface area contributed by atoms with Gasteiger partial charge in [0.2, 0.25) is 0 Å². The summed E-state index contributed by atoms with van der Waals surface area (Å²) in [6, 6.07) is 13.8. The first-order valence-corrected chi connectivity index (χ1v) is 9.91. The second-order valence-electron chi connectivity index (χ2n) is 6.85. The molecule has 2 aromatic carbocycles. The first kappa shape index (κ1) is 22.8. The molecule has 3 rings (SSSR count). The number of nitrogens with one attached hydrogen (secondary N) is 1. The molecule has 0 bridgehead atoms. The van der Waals surface area contributed by atoms with Crippen molar-refractivity contribution in [3.8, 4) is 28.5 Å². The summed E-state index contributed by atoms with van der Waals surface area (Å²) in [5.74, 6) is 0.617. The van der Waals surface area contributed by atoms with Crippen LogP contribution in [0.4, 0.5) is 4.39 Å². The first-order valence-electron chi connectivity index (χ1n) is 9.91. The van der Waals surface area contributed by atoms with Gasteiger partial charge in [0.25, 0.3) is 11.5 Å². The second-order valence-corrected chi connectivity index (χ2v) is 6.85. The van der Waals surface area contributed by atoms with E-state index < -0.39 is 17.8 Å². The van der Waals surface area contributed by atoms with E-state index >= 15 is 0 Å². The minimum absolute atomic E-state index is 0.150. The monoisotopic (exact) mass is 441 g/mol. The Morgan fingerprint density at radius 2 is 1.91 bits per heavy atom. The molecule has 1 amide bonds. The lowest BCUT2D eigenvalue weighted by atomic mass is 10.1. The Kier molecular flexibility index (Phi) is 7.43. The summed E-state index contributed by atoms with van der Waals surface area (Å²) in [6.45, 7) is 1.86. The number of amides is 1. The van der Waals surface area contributed by atoms with Crippen LogP contribution >= 0.6 is 0 Å². The van der Waals surface area contributed by atoms with E-state index in [0.29, 0.717) is 22.8 Å². The van der Waals surface area contributed by atoms with Crippen LogP contribution in [0, 0.1) is 5.82 Å². The Labute approximate surface area is 184 Å². The zero-order chi connectivity index (χ0) is 23.1. The molecule has 8 nitrogen and oxygen atoms in total. The van der Waals surface area contributed by atoms with E-state index in [4.69, 9.17) is 14.2 Å². The number of ether oxygens (including phenoxy) is 3. The molecule has 168 valence electrons. The second kappa shape index (κ2) is 10.4. The minimum Gasteiger partial charge on any atom is -0.497 e. The summed E-state index contributed by atoms with van der Waals surface area (Å²) in [6.07, 6.45) is -0.839. The van der Waals surface area contributed by atoms with Gasteiger partial charge in [-0.2, -0.15) is 5.10 Å². The summed E-state index contributed by atoms with van der Waals surface area (Å²) in [5, 5.41) is 7.08. The van der Waals surface area contributed by atoms with Crippen LogP contribution in [-0.2, 0) is 11.3 Å². The van der Waals surface area contributed by atoms with Crippen molar-refractivity contribution >= 4 is 5.91 Å². The fraction of sp³-hybridized carbons (Fsp3) is 0.261. The maximum Gasteiger partial charge on any atom is 0.266 e. The van der Waals surface area contributed by atoms with E-state index in [0.717, 1.165) is 0 Å². The number of hydrogen-bond donors (Lipinski definition) is 1. The molecule has 0 aliphatic heterocycles. The molecule has 1 heterocycles. The number of hydrogen-bond acceptors (Lipinski definition) is 6. The fourth-order valence-electron chi connectivity index (χ4n) is 2.99. The molecule has 32 heavy (non-hydrogen) atoms. The van der Waals surface area contributed by atoms with Gasteiger partial charge in [-0.25, -0.2) is 9.07 Å². The van der Waals surface area contributed by atoms with Crippen molar-refractivity contribution in [3.05, 3.63) is 70.8 Å². The SMILES string of the molecule is COc1ccc(OC)c(-c2ccc(=O)n(CCNC(=O)C(C)Oc3cccc(F)c3)n2)c1. The van der Waals surface area contributed by atoms with Crippen molar-refractivity contribution in [2.45, 2.75) is 19.6 Å². The quantitative estimate of drug-likeness (QED) is 0.549. The summed E-state index contributed by atoms with van der Waals surface area (Å²) in [7, 11) is 3.10. The third-order valence-electron chi connectivity index (χ3n) is 4.65. The molecule has 1 N–H and O–H groups in total. The normalized spacial score (nSPS) is 11.5. The molecule has 0 aliphatic carbocycles. The topological polar surface area (TPSA) is 91.7 Å². The van der Waals surface area contributed by atoms with Crippen molar-refractivity contribution in [1.29, 1.82) is 0 Å². The lowest BCUT2D eigenvalue weighted by Gasteiger charge is -2.15. The Morgan fingerprint density at radius 1 is 1.09 bits per heavy atom. The molecule has 0 saturated heterocycles. The number of rotatable bonds is 9. The predicted molar refractivity (Wildman–Crippen MR) is 117 cm³/mol. The van der Waals surface area contributed by atoms with E-state index in [1.54, 1.807) is 51.5 Å². The molecular formula is C23H24FN3O5. The van der Waals surface area contributed by atoms with Crippen LogP contribution in [0.15, 0.2) is 59.4 Å². The van der Waals surface area contributed by atoms with E-state index in [2.05, 4.69) is 10.4 Å². The number of halogens is 1. The smallest absolute Gasteiger partial charge is 0.266 e. The highest BCUT2D eigenvalue weighted by Gasteiger charge is 2.15. The van der Waals surface area contributed by atoms with E-state index in [1.807, 2.05) is 0 Å². The molecule has 0 aliphatic rings. The molecule has 1 aromatic heterocycles. The maximum absolute atomic E-state index is 13.3. The van der Waals surface area contributed by atoms with Gasteiger partial charge < -0.3 is 19.5 Å². The average Bonchev–Trinajstić information content (AvgIpc) is 2.79. The average molecular weight is 441 g/mol. The lowest BCUT2D eigenvalue weighted by molar-refractivity contribution is -0.127. The Hall–Kier alpha value is -3.88. The summed E-state index contributed by atoms with van der Waals surface area (Å²) in [4.78, 5) is 24.5. The summed E-state index contributed by atoms with van der Waals surface area (Å²) in [5.41, 5.74) is 0.880. The highest BCUT2D eigenvalue weighted by atomic mass is 19.1. The van der Waals surface area contributed by atoms with Crippen LogP contribution in [0.25, 0.3) is 11.3 Å². The van der Waals surface area contributed by atoms with Gasteiger partial charge >= 0.3 is 0 Å². The molecule has 1 atom stereocenters. The molecule has 0 saturated carbocycles. The highest BCUT2D eigenvalue weighted by molar-refractivity contribution is 5.80. The van der Waals surface area contributed by atoms with Gasteiger partial charge in [-0.15, -0.1) is 0 Å². The van der Waals surface area contributed by atoms with Crippen molar-refractivity contribution in [1.82, 2.24) is 15.1 Å². The fourth-order valence-corrected chi connectivity index (χ4v) is 2.99. The van der Waals surface area contributed by atoms with Crippen molar-refractivity contribution < 1.29 is 23.4 Å². The minimum atomic E-state index is -0.839. The number of benzene rings is 2. The van der Waals surface area contributed by atoms with E-state index in [-0.39, 0.29) is 24.4 Å². The molecule has 0 radical (unpaired) electrons. The van der Waals surface area contributed by atoms with Crippen LogP contribution in [0.3, 0.4) is 0 Å². The third kappa shape index (κ3) is 5.63. The zero-order valence-electron chi connectivity index (χ0n) is 18.0. The molecular weight excluding hydrogens is 417 g/mol.